The number of nitrogens with two attached hydrogens (primary N) is 1. The Bertz CT molecular complexity index is 360. The SMILES string of the molecule is CCC(N)(CC)CNC(=O)CS(=O)(=O)CC(C)C. The zero-order valence-corrected chi connectivity index (χ0v) is 12.6. The van der Waals surface area contributed by atoms with Crippen molar-refractivity contribution >= 4 is 15.7 Å². The van der Waals surface area contributed by atoms with Gasteiger partial charge in [0.25, 0.3) is 0 Å². The first-order valence-corrected chi connectivity index (χ1v) is 8.22. The van der Waals surface area contributed by atoms with Gasteiger partial charge in [0.2, 0.25) is 5.91 Å². The van der Waals surface area contributed by atoms with E-state index in [1.807, 2.05) is 27.7 Å². The third-order valence-electron chi connectivity index (χ3n) is 2.98. The molecule has 18 heavy (non-hydrogen) atoms. The lowest BCUT2D eigenvalue weighted by atomic mass is 9.94. The summed E-state index contributed by atoms with van der Waals surface area (Å²) >= 11 is 0. The van der Waals surface area contributed by atoms with E-state index in [2.05, 4.69) is 5.32 Å². The van der Waals surface area contributed by atoms with Gasteiger partial charge in [-0.15, -0.1) is 0 Å². The van der Waals surface area contributed by atoms with E-state index in [-0.39, 0.29) is 11.7 Å². The second-order valence-electron chi connectivity index (χ2n) is 5.29. The van der Waals surface area contributed by atoms with Crippen molar-refractivity contribution in [3.05, 3.63) is 0 Å². The van der Waals surface area contributed by atoms with E-state index in [9.17, 15) is 13.2 Å². The van der Waals surface area contributed by atoms with Crippen LogP contribution in [0.1, 0.15) is 40.5 Å². The van der Waals surface area contributed by atoms with Crippen LogP contribution in [0.5, 0.6) is 0 Å². The first kappa shape index (κ1) is 17.4. The molecular weight excluding hydrogens is 252 g/mol. The van der Waals surface area contributed by atoms with Crippen LogP contribution in [0, 0.1) is 5.92 Å². The van der Waals surface area contributed by atoms with Gasteiger partial charge < -0.3 is 11.1 Å². The molecule has 0 aliphatic heterocycles. The second-order valence-corrected chi connectivity index (χ2v) is 7.40. The van der Waals surface area contributed by atoms with Gasteiger partial charge in [0.1, 0.15) is 5.75 Å². The normalized spacial score (nSPS) is 12.8. The first-order valence-electron chi connectivity index (χ1n) is 6.40. The molecule has 0 spiro atoms. The van der Waals surface area contributed by atoms with Crippen molar-refractivity contribution in [3.8, 4) is 0 Å². The summed E-state index contributed by atoms with van der Waals surface area (Å²) in [7, 11) is -3.31. The Morgan fingerprint density at radius 1 is 1.28 bits per heavy atom. The van der Waals surface area contributed by atoms with Crippen LogP contribution in [-0.4, -0.2) is 37.9 Å². The predicted molar refractivity (Wildman–Crippen MR) is 74.0 cm³/mol. The van der Waals surface area contributed by atoms with Crippen LogP contribution in [0.3, 0.4) is 0 Å². The highest BCUT2D eigenvalue weighted by atomic mass is 32.2. The highest BCUT2D eigenvalue weighted by Gasteiger charge is 2.23. The van der Waals surface area contributed by atoms with Crippen LogP contribution in [0.2, 0.25) is 0 Å². The molecule has 0 bridgehead atoms. The monoisotopic (exact) mass is 278 g/mol. The van der Waals surface area contributed by atoms with E-state index in [1.54, 1.807) is 0 Å². The minimum atomic E-state index is -3.31. The van der Waals surface area contributed by atoms with Crippen LogP contribution in [0.15, 0.2) is 0 Å². The number of hydrogen-bond acceptors (Lipinski definition) is 4. The molecular formula is C12H26N2O3S. The van der Waals surface area contributed by atoms with E-state index in [1.165, 1.54) is 0 Å². The predicted octanol–water partition coefficient (Wildman–Crippen LogP) is 0.691. The van der Waals surface area contributed by atoms with Crippen molar-refractivity contribution in [3.63, 3.8) is 0 Å². The molecule has 6 heteroatoms. The molecule has 0 heterocycles. The van der Waals surface area contributed by atoms with Crippen LogP contribution < -0.4 is 11.1 Å². The lowest BCUT2D eigenvalue weighted by molar-refractivity contribution is -0.118. The van der Waals surface area contributed by atoms with Crippen LogP contribution in [0.4, 0.5) is 0 Å². The topological polar surface area (TPSA) is 89.3 Å². The number of hydrogen-bond donors (Lipinski definition) is 2. The molecule has 108 valence electrons. The largest absolute Gasteiger partial charge is 0.353 e. The summed E-state index contributed by atoms with van der Waals surface area (Å²) in [5, 5.41) is 2.61. The average molecular weight is 278 g/mol. The number of nitrogens with one attached hydrogen (secondary N) is 1. The molecule has 0 atom stereocenters. The van der Waals surface area contributed by atoms with Crippen molar-refractivity contribution in [2.24, 2.45) is 11.7 Å². The quantitative estimate of drug-likeness (QED) is 0.683. The molecule has 0 aromatic rings. The van der Waals surface area contributed by atoms with Gasteiger partial charge in [0.15, 0.2) is 9.84 Å². The zero-order chi connectivity index (χ0) is 14.4. The van der Waals surface area contributed by atoms with E-state index in [4.69, 9.17) is 5.73 Å². The summed E-state index contributed by atoms with van der Waals surface area (Å²) in [5.41, 5.74) is 5.58. The van der Waals surface area contributed by atoms with Gasteiger partial charge in [-0.05, 0) is 18.8 Å². The molecule has 3 N–H and O–H groups in total. The van der Waals surface area contributed by atoms with Gasteiger partial charge in [0.05, 0.1) is 5.75 Å². The summed E-state index contributed by atoms with van der Waals surface area (Å²) in [6, 6.07) is 0. The van der Waals surface area contributed by atoms with E-state index in [0.717, 1.165) is 12.8 Å². The highest BCUT2D eigenvalue weighted by Crippen LogP contribution is 2.09. The summed E-state index contributed by atoms with van der Waals surface area (Å²) in [6.45, 7) is 7.84. The van der Waals surface area contributed by atoms with E-state index in [0.29, 0.717) is 6.54 Å². The molecule has 0 aliphatic carbocycles. The number of amides is 1. The van der Waals surface area contributed by atoms with Gasteiger partial charge >= 0.3 is 0 Å². The summed E-state index contributed by atoms with van der Waals surface area (Å²) in [5.74, 6) is -0.847. The molecule has 0 fully saturated rings. The Morgan fingerprint density at radius 3 is 2.17 bits per heavy atom. The maximum Gasteiger partial charge on any atom is 0.235 e. The average Bonchev–Trinajstić information content (AvgIpc) is 2.23. The van der Waals surface area contributed by atoms with Crippen LogP contribution >= 0.6 is 0 Å². The minimum absolute atomic E-state index is 0.0303. The molecule has 0 radical (unpaired) electrons. The zero-order valence-electron chi connectivity index (χ0n) is 11.8. The second kappa shape index (κ2) is 7.09. The van der Waals surface area contributed by atoms with Gasteiger partial charge in [0, 0.05) is 12.1 Å². The Hall–Kier alpha value is -0.620. The highest BCUT2D eigenvalue weighted by molar-refractivity contribution is 7.92. The molecule has 0 aromatic heterocycles. The molecule has 0 saturated heterocycles. The number of rotatable bonds is 8. The summed E-state index contributed by atoms with van der Waals surface area (Å²) < 4.78 is 23.2. The minimum Gasteiger partial charge on any atom is -0.353 e. The Balaban J connectivity index is 4.29. The lowest BCUT2D eigenvalue weighted by Gasteiger charge is -2.26. The Morgan fingerprint density at radius 2 is 1.78 bits per heavy atom. The Labute approximate surface area is 110 Å². The molecule has 0 rings (SSSR count). The van der Waals surface area contributed by atoms with Crippen molar-refractivity contribution in [1.82, 2.24) is 5.32 Å². The van der Waals surface area contributed by atoms with Crippen LogP contribution in [0.25, 0.3) is 0 Å². The molecule has 0 aromatic carbocycles. The maximum absolute atomic E-state index is 11.6. The van der Waals surface area contributed by atoms with E-state index >= 15 is 0 Å². The van der Waals surface area contributed by atoms with Crippen molar-refractivity contribution in [2.75, 3.05) is 18.1 Å². The fourth-order valence-electron chi connectivity index (χ4n) is 1.59. The molecule has 5 nitrogen and oxygen atoms in total. The van der Waals surface area contributed by atoms with Crippen molar-refractivity contribution in [2.45, 2.75) is 46.1 Å². The van der Waals surface area contributed by atoms with Gasteiger partial charge in [-0.1, -0.05) is 27.7 Å². The van der Waals surface area contributed by atoms with E-state index < -0.39 is 27.0 Å². The van der Waals surface area contributed by atoms with Gasteiger partial charge in [-0.25, -0.2) is 8.42 Å². The smallest absolute Gasteiger partial charge is 0.235 e. The van der Waals surface area contributed by atoms with Gasteiger partial charge in [-0.3, -0.25) is 4.79 Å². The summed E-state index contributed by atoms with van der Waals surface area (Å²) in [4.78, 5) is 11.6. The third-order valence-corrected chi connectivity index (χ3v) is 4.86. The molecule has 0 saturated carbocycles. The number of carbonyl (C=O) groups is 1. The fourth-order valence-corrected chi connectivity index (χ4v) is 3.23. The first-order chi connectivity index (χ1) is 8.14. The van der Waals surface area contributed by atoms with Crippen molar-refractivity contribution in [1.29, 1.82) is 0 Å². The lowest BCUT2D eigenvalue weighted by Crippen LogP contribution is -2.50. The van der Waals surface area contributed by atoms with Gasteiger partial charge in [-0.2, -0.15) is 0 Å². The fraction of sp³-hybridized carbons (Fsp3) is 0.917. The number of carbonyl (C=O) groups excluding carboxylic acids is 1. The summed E-state index contributed by atoms with van der Waals surface area (Å²) in [6.07, 6.45) is 1.48. The number of sulfone groups is 1. The van der Waals surface area contributed by atoms with Crippen molar-refractivity contribution < 1.29 is 13.2 Å². The Kier molecular flexibility index (Phi) is 6.84. The molecule has 0 aliphatic rings. The third kappa shape index (κ3) is 6.96. The molecule has 0 unspecified atom stereocenters. The maximum atomic E-state index is 11.6. The van der Waals surface area contributed by atoms with Crippen LogP contribution in [-0.2, 0) is 14.6 Å². The molecule has 1 amide bonds. The standard InChI is InChI=1S/C12H26N2O3S/c1-5-12(13,6-2)9-14-11(15)8-18(16,17)7-10(3)4/h10H,5-9,13H2,1-4H3,(H,14,15).